The van der Waals surface area contributed by atoms with E-state index in [2.05, 4.69) is 9.97 Å². The molecule has 1 aromatic carbocycles. The molecule has 1 amide bonds. The van der Waals surface area contributed by atoms with Gasteiger partial charge in [0.05, 0.1) is 6.61 Å². The van der Waals surface area contributed by atoms with Crippen LogP contribution in [0.25, 0.3) is 10.9 Å². The smallest absolute Gasteiger partial charge is 0.326 e. The molecule has 2 aromatic rings. The number of alkyl halides is 2. The van der Waals surface area contributed by atoms with Crippen LogP contribution in [0.4, 0.5) is 18.9 Å². The average molecular weight is 392 g/mol. The summed E-state index contributed by atoms with van der Waals surface area (Å²) in [4.78, 5) is 18.7. The molecule has 0 spiro atoms. The molecule has 0 unspecified atom stereocenters. The molecule has 140 valence electrons. The van der Waals surface area contributed by atoms with Crippen molar-refractivity contribution in [1.29, 1.82) is 0 Å². The van der Waals surface area contributed by atoms with Gasteiger partial charge >= 0.3 is 16.2 Å². The minimum absolute atomic E-state index is 0.0147. The number of benzene rings is 1. The predicted octanol–water partition coefficient (Wildman–Crippen LogP) is 0.690. The van der Waals surface area contributed by atoms with Crippen LogP contribution in [0.5, 0.6) is 11.8 Å². The quantitative estimate of drug-likeness (QED) is 0.768. The van der Waals surface area contributed by atoms with Gasteiger partial charge in [-0.3, -0.25) is 4.79 Å². The molecule has 1 fully saturated rings. The number of anilines is 1. The summed E-state index contributed by atoms with van der Waals surface area (Å²) in [6.07, 6.45) is -2.10. The number of ether oxygens (including phenoxy) is 1. The molecule has 1 saturated heterocycles. The zero-order valence-electron chi connectivity index (χ0n) is 12.8. The summed E-state index contributed by atoms with van der Waals surface area (Å²) in [5, 5.41) is 10.00. The van der Waals surface area contributed by atoms with Crippen LogP contribution < -0.4 is 13.8 Å². The molecule has 1 aromatic heterocycles. The number of carbonyl (C=O) groups is 1. The van der Waals surface area contributed by atoms with E-state index >= 15 is 0 Å². The largest absolute Gasteiger partial charge is 0.506 e. The maximum atomic E-state index is 14.8. The summed E-state index contributed by atoms with van der Waals surface area (Å²) < 4.78 is 69.7. The van der Waals surface area contributed by atoms with Crippen molar-refractivity contribution in [2.75, 3.05) is 17.5 Å². The number of halogens is 3. The Bertz CT molecular complexity index is 985. The van der Waals surface area contributed by atoms with E-state index in [-0.39, 0.29) is 5.39 Å². The standard InChI is InChI=1S/C13H11F3N4O5S/c14-8(15)1-2-25-13-17-4-6-3-7(21)12(10(16)11(6)18-13)20-5-9(22)19-26(20,23)24/h3-4,8,21H,1-2,5H2,(H,19,22). The maximum Gasteiger partial charge on any atom is 0.326 e. The molecule has 0 radical (unpaired) electrons. The molecule has 0 aliphatic carbocycles. The van der Waals surface area contributed by atoms with Gasteiger partial charge in [-0.25, -0.2) is 27.2 Å². The van der Waals surface area contributed by atoms with E-state index in [1.54, 1.807) is 4.72 Å². The highest BCUT2D eigenvalue weighted by Crippen LogP contribution is 2.37. The molecule has 9 nitrogen and oxygen atoms in total. The van der Waals surface area contributed by atoms with Crippen LogP contribution in [-0.2, 0) is 15.0 Å². The van der Waals surface area contributed by atoms with E-state index in [9.17, 15) is 31.5 Å². The summed E-state index contributed by atoms with van der Waals surface area (Å²) >= 11 is 0. The van der Waals surface area contributed by atoms with E-state index in [0.717, 1.165) is 12.3 Å². The van der Waals surface area contributed by atoms with Gasteiger partial charge in [0.1, 0.15) is 23.5 Å². The van der Waals surface area contributed by atoms with Crippen LogP contribution in [0.3, 0.4) is 0 Å². The third-order valence-corrected chi connectivity index (χ3v) is 4.76. The summed E-state index contributed by atoms with van der Waals surface area (Å²) in [7, 11) is -4.36. The second-order valence-corrected chi connectivity index (χ2v) is 6.81. The number of aromatic nitrogens is 2. The molecule has 26 heavy (non-hydrogen) atoms. The zero-order chi connectivity index (χ0) is 19.1. The molecule has 0 atom stereocenters. The summed E-state index contributed by atoms with van der Waals surface area (Å²) in [5.74, 6) is -2.88. The number of carbonyl (C=O) groups excluding carboxylic acids is 1. The van der Waals surface area contributed by atoms with Crippen molar-refractivity contribution in [2.24, 2.45) is 0 Å². The SMILES string of the molecule is O=C1CN(c2c(O)cc3cnc(OCCC(F)F)nc3c2F)S(=O)(=O)N1. The molecule has 2 N–H and O–H groups in total. The van der Waals surface area contributed by atoms with E-state index < -0.39 is 70.9 Å². The van der Waals surface area contributed by atoms with E-state index in [4.69, 9.17) is 4.74 Å². The van der Waals surface area contributed by atoms with Gasteiger partial charge in [-0.15, -0.1) is 0 Å². The fourth-order valence-corrected chi connectivity index (χ4v) is 3.45. The average Bonchev–Trinajstić information content (AvgIpc) is 2.80. The highest BCUT2D eigenvalue weighted by Gasteiger charge is 2.38. The topological polar surface area (TPSA) is 122 Å². The van der Waals surface area contributed by atoms with Crippen molar-refractivity contribution in [3.8, 4) is 11.8 Å². The molecular weight excluding hydrogens is 381 g/mol. The second-order valence-electron chi connectivity index (χ2n) is 5.21. The number of amides is 1. The van der Waals surface area contributed by atoms with Crippen molar-refractivity contribution in [3.05, 3.63) is 18.1 Å². The Balaban J connectivity index is 2.04. The second kappa shape index (κ2) is 6.48. The van der Waals surface area contributed by atoms with Gasteiger partial charge in [0, 0.05) is 18.0 Å². The first-order chi connectivity index (χ1) is 12.2. The van der Waals surface area contributed by atoms with Gasteiger partial charge in [0.2, 0.25) is 6.43 Å². The highest BCUT2D eigenvalue weighted by atomic mass is 32.2. The molecule has 2 heterocycles. The van der Waals surface area contributed by atoms with Crippen molar-refractivity contribution in [1.82, 2.24) is 14.7 Å². The van der Waals surface area contributed by atoms with Gasteiger partial charge in [-0.05, 0) is 6.07 Å². The van der Waals surface area contributed by atoms with Gasteiger partial charge < -0.3 is 9.84 Å². The Morgan fingerprint density at radius 2 is 2.15 bits per heavy atom. The molecule has 0 bridgehead atoms. The lowest BCUT2D eigenvalue weighted by atomic mass is 10.2. The van der Waals surface area contributed by atoms with Crippen molar-refractivity contribution in [2.45, 2.75) is 12.8 Å². The highest BCUT2D eigenvalue weighted by molar-refractivity contribution is 7.92. The molecule has 1 aliphatic rings. The van der Waals surface area contributed by atoms with Crippen molar-refractivity contribution >= 4 is 32.7 Å². The lowest BCUT2D eigenvalue weighted by Gasteiger charge is -2.17. The lowest BCUT2D eigenvalue weighted by Crippen LogP contribution is -2.30. The number of phenolic OH excluding ortho intramolecular Hbond substituents is 1. The first kappa shape index (κ1) is 18.0. The van der Waals surface area contributed by atoms with Gasteiger partial charge in [-0.2, -0.15) is 13.4 Å². The number of hydrogen-bond acceptors (Lipinski definition) is 7. The van der Waals surface area contributed by atoms with E-state index in [0.29, 0.717) is 4.31 Å². The van der Waals surface area contributed by atoms with E-state index in [1.807, 2.05) is 0 Å². The van der Waals surface area contributed by atoms with Crippen LogP contribution >= 0.6 is 0 Å². The molecule has 1 aliphatic heterocycles. The van der Waals surface area contributed by atoms with Crippen molar-refractivity contribution < 1.29 is 36.2 Å². The fourth-order valence-electron chi connectivity index (χ4n) is 2.29. The Morgan fingerprint density at radius 3 is 2.77 bits per heavy atom. The number of phenols is 1. The third-order valence-electron chi connectivity index (χ3n) is 3.38. The Labute approximate surface area is 144 Å². The number of nitrogens with zero attached hydrogens (tertiary/aromatic N) is 3. The monoisotopic (exact) mass is 392 g/mol. The van der Waals surface area contributed by atoms with Gasteiger partial charge in [0.15, 0.2) is 5.82 Å². The summed E-state index contributed by atoms with van der Waals surface area (Å²) in [5.41, 5.74) is -1.18. The van der Waals surface area contributed by atoms with Crippen LogP contribution in [0.2, 0.25) is 0 Å². The first-order valence-corrected chi connectivity index (χ1v) is 8.55. The van der Waals surface area contributed by atoms with Crippen LogP contribution in [0, 0.1) is 5.82 Å². The third kappa shape index (κ3) is 3.29. The Hall–Kier alpha value is -2.83. The van der Waals surface area contributed by atoms with E-state index in [1.165, 1.54) is 0 Å². The molecule has 0 saturated carbocycles. The number of fused-ring (bicyclic) bond motifs is 1. The molecule has 13 heteroatoms. The van der Waals surface area contributed by atoms with Gasteiger partial charge in [0.25, 0.3) is 5.91 Å². The molecule has 3 rings (SSSR count). The number of hydrogen-bond donors (Lipinski definition) is 2. The number of rotatable bonds is 5. The fraction of sp³-hybridized carbons (Fsp3) is 0.308. The van der Waals surface area contributed by atoms with Crippen LogP contribution in [0.15, 0.2) is 12.3 Å². The Morgan fingerprint density at radius 1 is 1.42 bits per heavy atom. The normalized spacial score (nSPS) is 16.3. The maximum absolute atomic E-state index is 14.8. The minimum atomic E-state index is -4.36. The first-order valence-electron chi connectivity index (χ1n) is 7.11. The Kier molecular flexibility index (Phi) is 4.48. The zero-order valence-corrected chi connectivity index (χ0v) is 13.6. The minimum Gasteiger partial charge on any atom is -0.506 e. The van der Waals surface area contributed by atoms with Gasteiger partial charge in [-0.1, -0.05) is 0 Å². The predicted molar refractivity (Wildman–Crippen MR) is 81.7 cm³/mol. The summed E-state index contributed by atoms with van der Waals surface area (Å²) in [6.45, 7) is -1.13. The lowest BCUT2D eigenvalue weighted by molar-refractivity contribution is -0.117. The number of nitrogens with one attached hydrogen (secondary N) is 1. The molecular formula is C13H11F3N4O5S. The van der Waals surface area contributed by atoms with Crippen molar-refractivity contribution in [3.63, 3.8) is 0 Å². The van der Waals surface area contributed by atoms with Crippen LogP contribution in [0.1, 0.15) is 6.42 Å². The number of aromatic hydroxyl groups is 1. The summed E-state index contributed by atoms with van der Waals surface area (Å²) in [6, 6.07) is 0.613. The van der Waals surface area contributed by atoms with Crippen LogP contribution in [-0.4, -0.2) is 49.0 Å².